The molecule has 2 amide bonds. The van der Waals surface area contributed by atoms with Crippen molar-refractivity contribution in [1.82, 2.24) is 10.6 Å². The maximum absolute atomic E-state index is 12.9. The van der Waals surface area contributed by atoms with E-state index in [0.29, 0.717) is 12.3 Å². The molecule has 23 heavy (non-hydrogen) atoms. The molecule has 5 heteroatoms. The number of carbonyl (C=O) groups is 2. The normalized spacial score (nSPS) is 23.5. The Morgan fingerprint density at radius 1 is 1.09 bits per heavy atom. The summed E-state index contributed by atoms with van der Waals surface area (Å²) in [6.07, 6.45) is 6.08. The van der Waals surface area contributed by atoms with Crippen molar-refractivity contribution in [3.63, 3.8) is 0 Å². The van der Waals surface area contributed by atoms with E-state index in [1.165, 1.54) is 25.0 Å². The smallest absolute Gasteiger partial charge is 0.239 e. The van der Waals surface area contributed by atoms with Gasteiger partial charge in [0.15, 0.2) is 0 Å². The lowest BCUT2D eigenvalue weighted by Crippen LogP contribution is -2.38. The zero-order valence-corrected chi connectivity index (χ0v) is 13.2. The van der Waals surface area contributed by atoms with Crippen molar-refractivity contribution < 1.29 is 14.0 Å². The third-order valence-electron chi connectivity index (χ3n) is 4.83. The Labute approximate surface area is 135 Å². The Morgan fingerprint density at radius 2 is 1.78 bits per heavy atom. The zero-order valence-electron chi connectivity index (χ0n) is 13.2. The highest BCUT2D eigenvalue weighted by Crippen LogP contribution is 2.40. The van der Waals surface area contributed by atoms with Crippen LogP contribution in [0.3, 0.4) is 0 Å². The molecule has 2 atom stereocenters. The summed E-state index contributed by atoms with van der Waals surface area (Å²) in [4.78, 5) is 23.7. The first-order valence-corrected chi connectivity index (χ1v) is 8.43. The summed E-state index contributed by atoms with van der Waals surface area (Å²) in [6.45, 7) is 0.0399. The summed E-state index contributed by atoms with van der Waals surface area (Å²) in [5, 5.41) is 5.62. The van der Waals surface area contributed by atoms with Gasteiger partial charge in [0, 0.05) is 18.4 Å². The minimum Gasteiger partial charge on any atom is -0.351 e. The van der Waals surface area contributed by atoms with Crippen LogP contribution in [0.15, 0.2) is 24.3 Å². The van der Waals surface area contributed by atoms with Crippen molar-refractivity contribution in [3.05, 3.63) is 35.6 Å². The van der Waals surface area contributed by atoms with Crippen LogP contribution in [-0.4, -0.2) is 24.4 Å². The number of rotatable bonds is 6. The lowest BCUT2D eigenvalue weighted by Gasteiger charge is -2.10. The molecule has 2 N–H and O–H groups in total. The lowest BCUT2D eigenvalue weighted by molar-refractivity contribution is -0.126. The van der Waals surface area contributed by atoms with Crippen molar-refractivity contribution >= 4 is 11.8 Å². The highest BCUT2D eigenvalue weighted by Gasteiger charge is 2.39. The van der Waals surface area contributed by atoms with Crippen LogP contribution in [0.5, 0.6) is 0 Å². The summed E-state index contributed by atoms with van der Waals surface area (Å²) >= 11 is 0. The largest absolute Gasteiger partial charge is 0.351 e. The molecule has 2 aliphatic carbocycles. The standard InChI is InChI=1S/C18H23FN2O2/c19-14-7-5-13(6-8-14)15-10-16(15)21-18(23)11-20-17(22)9-12-3-1-2-4-12/h5-8,12,15-16H,1-4,9-11H2,(H,20,22)(H,21,23). The molecule has 0 aliphatic heterocycles. The highest BCUT2D eigenvalue weighted by molar-refractivity contribution is 5.85. The second kappa shape index (κ2) is 7.11. The fourth-order valence-corrected chi connectivity index (χ4v) is 3.42. The number of nitrogens with one attached hydrogen (secondary N) is 2. The van der Waals surface area contributed by atoms with Crippen molar-refractivity contribution in [2.45, 2.75) is 50.5 Å². The fraction of sp³-hybridized carbons (Fsp3) is 0.556. The Balaban J connectivity index is 1.35. The van der Waals surface area contributed by atoms with Crippen LogP contribution in [0.25, 0.3) is 0 Å². The van der Waals surface area contributed by atoms with Crippen LogP contribution in [0.2, 0.25) is 0 Å². The van der Waals surface area contributed by atoms with Gasteiger partial charge in [-0.1, -0.05) is 25.0 Å². The van der Waals surface area contributed by atoms with Gasteiger partial charge in [0.05, 0.1) is 6.54 Å². The molecular formula is C18H23FN2O2. The molecule has 4 nitrogen and oxygen atoms in total. The Bertz CT molecular complexity index is 567. The second-order valence-electron chi connectivity index (χ2n) is 6.70. The predicted octanol–water partition coefficient (Wildman–Crippen LogP) is 2.49. The van der Waals surface area contributed by atoms with Crippen molar-refractivity contribution in [3.8, 4) is 0 Å². The number of benzene rings is 1. The van der Waals surface area contributed by atoms with Crippen LogP contribution in [0.4, 0.5) is 4.39 Å². The van der Waals surface area contributed by atoms with Crippen molar-refractivity contribution in [2.75, 3.05) is 6.54 Å². The summed E-state index contributed by atoms with van der Waals surface area (Å²) in [5.41, 5.74) is 1.04. The Hall–Kier alpha value is -1.91. The van der Waals surface area contributed by atoms with Crippen LogP contribution in [0, 0.1) is 11.7 Å². The predicted molar refractivity (Wildman–Crippen MR) is 85.3 cm³/mol. The first kappa shape index (κ1) is 16.0. The zero-order chi connectivity index (χ0) is 16.2. The fourth-order valence-electron chi connectivity index (χ4n) is 3.42. The SMILES string of the molecule is O=C(CC1CCCC1)NCC(=O)NC1CC1c1ccc(F)cc1. The number of halogens is 1. The van der Waals surface area contributed by atoms with Gasteiger partial charge in [-0.05, 0) is 42.9 Å². The van der Waals surface area contributed by atoms with Gasteiger partial charge >= 0.3 is 0 Å². The topological polar surface area (TPSA) is 58.2 Å². The number of carbonyl (C=O) groups excluding carboxylic acids is 2. The van der Waals surface area contributed by atoms with E-state index in [4.69, 9.17) is 0 Å². The molecule has 1 aromatic carbocycles. The second-order valence-corrected chi connectivity index (χ2v) is 6.70. The summed E-state index contributed by atoms with van der Waals surface area (Å²) in [6, 6.07) is 6.50. The minimum absolute atomic E-state index is 0.0297. The number of amides is 2. The van der Waals surface area contributed by atoms with Gasteiger partial charge < -0.3 is 10.6 Å². The van der Waals surface area contributed by atoms with E-state index in [1.54, 1.807) is 12.1 Å². The van der Waals surface area contributed by atoms with Gasteiger partial charge in [-0.15, -0.1) is 0 Å². The molecule has 2 unspecified atom stereocenters. The van der Waals surface area contributed by atoms with E-state index >= 15 is 0 Å². The molecule has 1 aromatic rings. The van der Waals surface area contributed by atoms with Crippen LogP contribution >= 0.6 is 0 Å². The van der Waals surface area contributed by atoms with Crippen LogP contribution in [0.1, 0.15) is 50.0 Å². The molecule has 0 radical (unpaired) electrons. The lowest BCUT2D eigenvalue weighted by atomic mass is 10.0. The molecule has 2 fully saturated rings. The average Bonchev–Trinajstić information content (AvgIpc) is 3.09. The molecule has 2 saturated carbocycles. The minimum atomic E-state index is -0.250. The quantitative estimate of drug-likeness (QED) is 0.846. The molecule has 3 rings (SSSR count). The molecule has 0 bridgehead atoms. The molecule has 0 aromatic heterocycles. The monoisotopic (exact) mass is 318 g/mol. The maximum atomic E-state index is 12.9. The van der Waals surface area contributed by atoms with Gasteiger partial charge in [-0.2, -0.15) is 0 Å². The van der Waals surface area contributed by atoms with Crippen LogP contribution < -0.4 is 10.6 Å². The van der Waals surface area contributed by atoms with Crippen molar-refractivity contribution in [2.24, 2.45) is 5.92 Å². The Morgan fingerprint density at radius 3 is 2.48 bits per heavy atom. The van der Waals surface area contributed by atoms with Gasteiger partial charge in [0.2, 0.25) is 11.8 Å². The van der Waals surface area contributed by atoms with E-state index in [9.17, 15) is 14.0 Å². The van der Waals surface area contributed by atoms with Gasteiger partial charge in [0.25, 0.3) is 0 Å². The Kier molecular flexibility index (Phi) is 4.94. The molecule has 0 heterocycles. The summed E-state index contributed by atoms with van der Waals surface area (Å²) < 4.78 is 12.9. The van der Waals surface area contributed by atoms with E-state index < -0.39 is 0 Å². The van der Waals surface area contributed by atoms with Gasteiger partial charge in [0.1, 0.15) is 5.82 Å². The average molecular weight is 318 g/mol. The third-order valence-corrected chi connectivity index (χ3v) is 4.83. The van der Waals surface area contributed by atoms with Gasteiger partial charge in [-0.3, -0.25) is 9.59 Å². The van der Waals surface area contributed by atoms with E-state index in [-0.39, 0.29) is 36.1 Å². The summed E-state index contributed by atoms with van der Waals surface area (Å²) in [7, 11) is 0. The maximum Gasteiger partial charge on any atom is 0.239 e. The van der Waals surface area contributed by atoms with Crippen LogP contribution in [-0.2, 0) is 9.59 Å². The first-order chi connectivity index (χ1) is 11.1. The summed E-state index contributed by atoms with van der Waals surface area (Å²) in [5.74, 6) is 0.315. The molecule has 124 valence electrons. The van der Waals surface area contributed by atoms with E-state index in [1.807, 2.05) is 0 Å². The molecule has 0 spiro atoms. The first-order valence-electron chi connectivity index (χ1n) is 8.43. The number of hydrogen-bond donors (Lipinski definition) is 2. The molecule has 0 saturated heterocycles. The van der Waals surface area contributed by atoms with E-state index in [2.05, 4.69) is 10.6 Å². The molecule has 2 aliphatic rings. The number of hydrogen-bond acceptors (Lipinski definition) is 2. The highest BCUT2D eigenvalue weighted by atomic mass is 19.1. The van der Waals surface area contributed by atoms with E-state index in [0.717, 1.165) is 24.8 Å². The third kappa shape index (κ3) is 4.53. The van der Waals surface area contributed by atoms with Gasteiger partial charge in [-0.25, -0.2) is 4.39 Å². The van der Waals surface area contributed by atoms with Crippen molar-refractivity contribution in [1.29, 1.82) is 0 Å². The molecular weight excluding hydrogens is 295 g/mol.